The van der Waals surface area contributed by atoms with E-state index in [1.165, 1.54) is 12.5 Å². The predicted octanol–water partition coefficient (Wildman–Crippen LogP) is 2.22. The van der Waals surface area contributed by atoms with Crippen molar-refractivity contribution < 1.29 is 14.0 Å². The zero-order valence-electron chi connectivity index (χ0n) is 12.0. The fraction of sp³-hybridized carbons (Fsp3) is 0.250. The van der Waals surface area contributed by atoms with Gasteiger partial charge in [-0.05, 0) is 43.7 Å². The predicted molar refractivity (Wildman–Crippen MR) is 82.8 cm³/mol. The van der Waals surface area contributed by atoms with E-state index in [1.807, 2.05) is 0 Å². The number of anilines is 2. The molecular weight excluding hydrogens is 282 g/mol. The largest absolute Gasteiger partial charge is 0.472 e. The van der Waals surface area contributed by atoms with Crippen LogP contribution in [-0.4, -0.2) is 24.4 Å². The van der Waals surface area contributed by atoms with Gasteiger partial charge < -0.3 is 20.4 Å². The van der Waals surface area contributed by atoms with Gasteiger partial charge in [0.1, 0.15) is 6.26 Å². The highest BCUT2D eigenvalue weighted by Crippen LogP contribution is 2.17. The van der Waals surface area contributed by atoms with Gasteiger partial charge in [0.2, 0.25) is 5.91 Å². The lowest BCUT2D eigenvalue weighted by atomic mass is 10.2. The molecule has 2 aromatic rings. The maximum atomic E-state index is 12.1. The van der Waals surface area contributed by atoms with Crippen molar-refractivity contribution in [2.24, 2.45) is 0 Å². The Morgan fingerprint density at radius 3 is 2.68 bits per heavy atom. The molecule has 1 aromatic heterocycles. The number of furan rings is 1. The van der Waals surface area contributed by atoms with Gasteiger partial charge in [0.05, 0.1) is 17.9 Å². The van der Waals surface area contributed by atoms with Crippen LogP contribution in [0.4, 0.5) is 11.4 Å². The van der Waals surface area contributed by atoms with Crippen LogP contribution in [0, 0.1) is 0 Å². The number of rotatable bonds is 4. The molecule has 3 N–H and O–H groups in total. The number of hydrogen-bond donors (Lipinski definition) is 3. The lowest BCUT2D eigenvalue weighted by molar-refractivity contribution is -0.117. The van der Waals surface area contributed by atoms with Crippen molar-refractivity contribution in [3.05, 3.63) is 48.4 Å². The molecule has 1 aliphatic heterocycles. The second-order valence-electron chi connectivity index (χ2n) is 5.19. The number of nitrogens with one attached hydrogen (secondary N) is 3. The number of hydrogen-bond acceptors (Lipinski definition) is 4. The maximum Gasteiger partial charge on any atom is 0.258 e. The van der Waals surface area contributed by atoms with Crippen LogP contribution in [0.25, 0.3) is 0 Å². The molecule has 1 unspecified atom stereocenters. The molecule has 0 aliphatic carbocycles. The van der Waals surface area contributed by atoms with E-state index in [9.17, 15) is 9.59 Å². The summed E-state index contributed by atoms with van der Waals surface area (Å²) >= 11 is 0. The van der Waals surface area contributed by atoms with Crippen molar-refractivity contribution in [2.75, 3.05) is 17.2 Å². The van der Waals surface area contributed by atoms with Crippen molar-refractivity contribution in [3.63, 3.8) is 0 Å². The lowest BCUT2D eigenvalue weighted by Gasteiger charge is -2.12. The number of benzene rings is 1. The normalized spacial score (nSPS) is 17.2. The van der Waals surface area contributed by atoms with Crippen molar-refractivity contribution in [3.8, 4) is 0 Å². The third-order valence-electron chi connectivity index (χ3n) is 3.55. The summed E-state index contributed by atoms with van der Waals surface area (Å²) < 4.78 is 4.88. The SMILES string of the molecule is O=C(Nc1cccc(NC(=O)C2CCCN2)c1)c1ccoc1. The summed E-state index contributed by atoms with van der Waals surface area (Å²) in [7, 11) is 0. The van der Waals surface area contributed by atoms with Gasteiger partial charge in [-0.15, -0.1) is 0 Å². The van der Waals surface area contributed by atoms with Gasteiger partial charge >= 0.3 is 0 Å². The molecule has 0 radical (unpaired) electrons. The van der Waals surface area contributed by atoms with Crippen molar-refractivity contribution >= 4 is 23.2 Å². The highest BCUT2D eigenvalue weighted by atomic mass is 16.3. The minimum Gasteiger partial charge on any atom is -0.472 e. The van der Waals surface area contributed by atoms with E-state index in [0.29, 0.717) is 16.9 Å². The van der Waals surface area contributed by atoms with E-state index in [4.69, 9.17) is 4.42 Å². The van der Waals surface area contributed by atoms with Crippen LogP contribution in [0.3, 0.4) is 0 Å². The van der Waals surface area contributed by atoms with Gasteiger partial charge in [0.15, 0.2) is 0 Å². The topological polar surface area (TPSA) is 83.4 Å². The van der Waals surface area contributed by atoms with Crippen LogP contribution in [0.5, 0.6) is 0 Å². The molecule has 6 nitrogen and oxygen atoms in total. The Hall–Kier alpha value is -2.60. The zero-order valence-corrected chi connectivity index (χ0v) is 12.0. The van der Waals surface area contributed by atoms with E-state index in [2.05, 4.69) is 16.0 Å². The molecular formula is C16H17N3O3. The standard InChI is InChI=1S/C16H17N3O3/c20-15(11-6-8-22-10-11)18-12-3-1-4-13(9-12)19-16(21)14-5-2-7-17-14/h1,3-4,6,8-10,14,17H,2,5,7H2,(H,18,20)(H,19,21). The van der Waals surface area contributed by atoms with E-state index in [1.54, 1.807) is 30.3 Å². The first-order chi connectivity index (χ1) is 10.7. The van der Waals surface area contributed by atoms with E-state index in [-0.39, 0.29) is 17.9 Å². The first kappa shape index (κ1) is 14.3. The van der Waals surface area contributed by atoms with Gasteiger partial charge in [-0.2, -0.15) is 0 Å². The Balaban J connectivity index is 1.64. The highest BCUT2D eigenvalue weighted by Gasteiger charge is 2.21. The smallest absolute Gasteiger partial charge is 0.258 e. The molecule has 2 heterocycles. The average Bonchev–Trinajstić information content (AvgIpc) is 3.21. The molecule has 2 amide bonds. The van der Waals surface area contributed by atoms with Gasteiger partial charge in [-0.3, -0.25) is 9.59 Å². The summed E-state index contributed by atoms with van der Waals surface area (Å²) in [6.45, 7) is 0.874. The molecule has 1 saturated heterocycles. The van der Waals surface area contributed by atoms with Crippen LogP contribution in [0.1, 0.15) is 23.2 Å². The Bertz CT molecular complexity index is 661. The van der Waals surface area contributed by atoms with Gasteiger partial charge in [0, 0.05) is 11.4 Å². The Kier molecular flexibility index (Phi) is 4.20. The van der Waals surface area contributed by atoms with Gasteiger partial charge in [0.25, 0.3) is 5.91 Å². The average molecular weight is 299 g/mol. The van der Waals surface area contributed by atoms with E-state index >= 15 is 0 Å². The Labute approximate surface area is 127 Å². The molecule has 1 atom stereocenters. The summed E-state index contributed by atoms with van der Waals surface area (Å²) in [5, 5.41) is 8.77. The summed E-state index contributed by atoms with van der Waals surface area (Å²) in [5.74, 6) is -0.300. The molecule has 0 saturated carbocycles. The number of carbonyl (C=O) groups excluding carboxylic acids is 2. The summed E-state index contributed by atoms with van der Waals surface area (Å²) in [5.41, 5.74) is 1.72. The molecule has 1 fully saturated rings. The molecule has 0 bridgehead atoms. The third-order valence-corrected chi connectivity index (χ3v) is 3.55. The van der Waals surface area contributed by atoms with Crippen LogP contribution >= 0.6 is 0 Å². The van der Waals surface area contributed by atoms with Crippen LogP contribution in [0.15, 0.2) is 47.3 Å². The zero-order chi connectivity index (χ0) is 15.4. The maximum absolute atomic E-state index is 12.1. The first-order valence-corrected chi connectivity index (χ1v) is 7.20. The molecule has 1 aromatic carbocycles. The molecule has 6 heteroatoms. The number of amides is 2. The third kappa shape index (κ3) is 3.35. The molecule has 114 valence electrons. The van der Waals surface area contributed by atoms with E-state index < -0.39 is 0 Å². The van der Waals surface area contributed by atoms with Crippen LogP contribution < -0.4 is 16.0 Å². The van der Waals surface area contributed by atoms with Gasteiger partial charge in [-0.25, -0.2) is 0 Å². The molecule has 3 rings (SSSR count). The fourth-order valence-electron chi connectivity index (χ4n) is 2.41. The van der Waals surface area contributed by atoms with Crippen molar-refractivity contribution in [2.45, 2.75) is 18.9 Å². The van der Waals surface area contributed by atoms with E-state index in [0.717, 1.165) is 19.4 Å². The minimum atomic E-state index is -0.255. The minimum absolute atomic E-state index is 0.0455. The van der Waals surface area contributed by atoms with Crippen LogP contribution in [-0.2, 0) is 4.79 Å². The van der Waals surface area contributed by atoms with Crippen molar-refractivity contribution in [1.82, 2.24) is 5.32 Å². The first-order valence-electron chi connectivity index (χ1n) is 7.20. The summed E-state index contributed by atoms with van der Waals surface area (Å²) in [4.78, 5) is 24.0. The molecule has 1 aliphatic rings. The second kappa shape index (κ2) is 6.44. The Morgan fingerprint density at radius 1 is 1.18 bits per heavy atom. The number of carbonyl (C=O) groups is 2. The summed E-state index contributed by atoms with van der Waals surface area (Å²) in [6.07, 6.45) is 4.69. The van der Waals surface area contributed by atoms with Crippen LogP contribution in [0.2, 0.25) is 0 Å². The van der Waals surface area contributed by atoms with Crippen molar-refractivity contribution in [1.29, 1.82) is 0 Å². The quantitative estimate of drug-likeness (QED) is 0.808. The highest BCUT2D eigenvalue weighted by molar-refractivity contribution is 6.04. The summed E-state index contributed by atoms with van der Waals surface area (Å²) in [6, 6.07) is 8.52. The fourth-order valence-corrected chi connectivity index (χ4v) is 2.41. The molecule has 0 spiro atoms. The Morgan fingerprint density at radius 2 is 2.00 bits per heavy atom. The monoisotopic (exact) mass is 299 g/mol. The molecule has 22 heavy (non-hydrogen) atoms. The second-order valence-corrected chi connectivity index (χ2v) is 5.19. The van der Waals surface area contributed by atoms with Gasteiger partial charge in [-0.1, -0.05) is 6.07 Å². The lowest BCUT2D eigenvalue weighted by Crippen LogP contribution is -2.35.